The molecule has 0 amide bonds. The molecule has 0 saturated heterocycles. The third-order valence-corrected chi connectivity index (χ3v) is 3.36. The van der Waals surface area contributed by atoms with E-state index in [4.69, 9.17) is 0 Å². The Labute approximate surface area is 113 Å². The van der Waals surface area contributed by atoms with Gasteiger partial charge < -0.3 is 5.32 Å². The number of aromatic nitrogens is 4. The van der Waals surface area contributed by atoms with Crippen molar-refractivity contribution in [1.29, 1.82) is 0 Å². The SMILES string of the molecule is CC(C)n1ccc(Cn2ccc(CNC3CC3)n2)n1. The lowest BCUT2D eigenvalue weighted by molar-refractivity contribution is 0.520. The maximum atomic E-state index is 4.56. The van der Waals surface area contributed by atoms with Crippen molar-refractivity contribution in [1.82, 2.24) is 24.9 Å². The van der Waals surface area contributed by atoms with Gasteiger partial charge in [0.2, 0.25) is 0 Å². The van der Waals surface area contributed by atoms with Gasteiger partial charge >= 0.3 is 0 Å². The third kappa shape index (κ3) is 3.23. The number of nitrogens with one attached hydrogen (secondary N) is 1. The zero-order chi connectivity index (χ0) is 13.2. The quantitative estimate of drug-likeness (QED) is 0.862. The van der Waals surface area contributed by atoms with Crippen LogP contribution in [0, 0.1) is 0 Å². The van der Waals surface area contributed by atoms with Gasteiger partial charge in [0.25, 0.3) is 0 Å². The predicted molar refractivity (Wildman–Crippen MR) is 73.8 cm³/mol. The van der Waals surface area contributed by atoms with Crippen LogP contribution in [0.5, 0.6) is 0 Å². The normalized spacial score (nSPS) is 15.3. The van der Waals surface area contributed by atoms with Crippen LogP contribution < -0.4 is 5.32 Å². The van der Waals surface area contributed by atoms with Crippen molar-refractivity contribution in [3.05, 3.63) is 35.9 Å². The first-order valence-corrected chi connectivity index (χ1v) is 7.00. The van der Waals surface area contributed by atoms with Crippen molar-refractivity contribution in [2.45, 2.75) is 51.9 Å². The van der Waals surface area contributed by atoms with Gasteiger partial charge in [-0.25, -0.2) is 0 Å². The summed E-state index contributed by atoms with van der Waals surface area (Å²) < 4.78 is 3.94. The second-order valence-corrected chi connectivity index (χ2v) is 5.54. The summed E-state index contributed by atoms with van der Waals surface area (Å²) in [6.07, 6.45) is 6.68. The maximum Gasteiger partial charge on any atom is 0.0849 e. The van der Waals surface area contributed by atoms with E-state index in [1.54, 1.807) is 0 Å². The predicted octanol–water partition coefficient (Wildman–Crippen LogP) is 1.96. The highest BCUT2D eigenvalue weighted by molar-refractivity contribution is 5.04. The zero-order valence-electron chi connectivity index (χ0n) is 11.6. The fourth-order valence-electron chi connectivity index (χ4n) is 2.04. The minimum atomic E-state index is 0.407. The lowest BCUT2D eigenvalue weighted by Crippen LogP contribution is -2.16. The lowest BCUT2D eigenvalue weighted by Gasteiger charge is -2.04. The van der Waals surface area contributed by atoms with Crippen LogP contribution in [-0.2, 0) is 13.1 Å². The molecule has 2 aromatic heterocycles. The molecule has 1 fully saturated rings. The molecule has 0 bridgehead atoms. The van der Waals surface area contributed by atoms with Crippen molar-refractivity contribution < 1.29 is 0 Å². The highest BCUT2D eigenvalue weighted by Crippen LogP contribution is 2.19. The van der Waals surface area contributed by atoms with E-state index in [1.165, 1.54) is 12.8 Å². The van der Waals surface area contributed by atoms with E-state index in [1.807, 2.05) is 21.8 Å². The molecule has 19 heavy (non-hydrogen) atoms. The summed E-state index contributed by atoms with van der Waals surface area (Å²) in [5, 5.41) is 12.6. The fourth-order valence-corrected chi connectivity index (χ4v) is 2.04. The van der Waals surface area contributed by atoms with Crippen molar-refractivity contribution in [2.24, 2.45) is 0 Å². The minimum absolute atomic E-state index is 0.407. The standard InChI is InChI=1S/C14H21N5/c1-11(2)19-8-6-14(17-19)10-18-7-5-13(16-18)9-15-12-3-4-12/h5-8,11-12,15H,3-4,9-10H2,1-2H3. The van der Waals surface area contributed by atoms with Crippen LogP contribution in [0.1, 0.15) is 44.1 Å². The Morgan fingerprint density at radius 3 is 2.68 bits per heavy atom. The molecule has 0 aromatic carbocycles. The van der Waals surface area contributed by atoms with E-state index in [9.17, 15) is 0 Å². The van der Waals surface area contributed by atoms with E-state index in [0.717, 1.165) is 30.5 Å². The lowest BCUT2D eigenvalue weighted by atomic mass is 10.4. The molecule has 2 aromatic rings. The van der Waals surface area contributed by atoms with Gasteiger partial charge in [0, 0.05) is 31.0 Å². The third-order valence-electron chi connectivity index (χ3n) is 3.36. The summed E-state index contributed by atoms with van der Waals surface area (Å²) in [4.78, 5) is 0. The average Bonchev–Trinajstić information content (AvgIpc) is 2.91. The van der Waals surface area contributed by atoms with Crippen LogP contribution in [0.15, 0.2) is 24.5 Å². The first-order valence-electron chi connectivity index (χ1n) is 7.00. The summed E-state index contributed by atoms with van der Waals surface area (Å²) in [7, 11) is 0. The van der Waals surface area contributed by atoms with E-state index >= 15 is 0 Å². The molecule has 0 spiro atoms. The summed E-state index contributed by atoms with van der Waals surface area (Å²) in [6.45, 7) is 5.87. The summed E-state index contributed by atoms with van der Waals surface area (Å²) in [6, 6.07) is 5.27. The number of nitrogens with zero attached hydrogens (tertiary/aromatic N) is 4. The zero-order valence-corrected chi connectivity index (χ0v) is 11.6. The Kier molecular flexibility index (Phi) is 3.38. The van der Waals surface area contributed by atoms with Gasteiger partial charge in [-0.1, -0.05) is 0 Å². The monoisotopic (exact) mass is 259 g/mol. The van der Waals surface area contributed by atoms with E-state index in [2.05, 4.69) is 41.5 Å². The number of rotatable bonds is 6. The van der Waals surface area contributed by atoms with Gasteiger partial charge in [-0.05, 0) is 38.8 Å². The first kappa shape index (κ1) is 12.4. The molecule has 2 heterocycles. The first-order chi connectivity index (χ1) is 9.20. The van der Waals surface area contributed by atoms with E-state index in [0.29, 0.717) is 6.04 Å². The Hall–Kier alpha value is -1.62. The molecule has 1 aliphatic carbocycles. The fraction of sp³-hybridized carbons (Fsp3) is 0.571. The van der Waals surface area contributed by atoms with Crippen LogP contribution in [0.3, 0.4) is 0 Å². The second kappa shape index (κ2) is 5.17. The van der Waals surface area contributed by atoms with Crippen LogP contribution in [0.4, 0.5) is 0 Å². The molecular formula is C14H21N5. The highest BCUT2D eigenvalue weighted by atomic mass is 15.3. The molecule has 1 saturated carbocycles. The molecule has 3 rings (SSSR count). The summed E-state index contributed by atoms with van der Waals surface area (Å²) in [5.74, 6) is 0. The Morgan fingerprint density at radius 1 is 1.21 bits per heavy atom. The van der Waals surface area contributed by atoms with Crippen molar-refractivity contribution in [3.8, 4) is 0 Å². The van der Waals surface area contributed by atoms with Gasteiger partial charge in [-0.2, -0.15) is 10.2 Å². The molecule has 102 valence electrons. The number of hydrogen-bond donors (Lipinski definition) is 1. The average molecular weight is 259 g/mol. The van der Waals surface area contributed by atoms with Crippen molar-refractivity contribution in [2.75, 3.05) is 0 Å². The van der Waals surface area contributed by atoms with Crippen LogP contribution in [-0.4, -0.2) is 25.6 Å². The van der Waals surface area contributed by atoms with Gasteiger partial charge in [0.1, 0.15) is 0 Å². The molecule has 1 aliphatic rings. The minimum Gasteiger partial charge on any atom is -0.308 e. The van der Waals surface area contributed by atoms with Gasteiger partial charge in [-0.3, -0.25) is 9.36 Å². The van der Waals surface area contributed by atoms with Crippen LogP contribution >= 0.6 is 0 Å². The topological polar surface area (TPSA) is 47.7 Å². The molecule has 0 atom stereocenters. The van der Waals surface area contributed by atoms with Gasteiger partial charge in [0.05, 0.1) is 17.9 Å². The van der Waals surface area contributed by atoms with Gasteiger partial charge in [-0.15, -0.1) is 0 Å². The maximum absolute atomic E-state index is 4.56. The smallest absolute Gasteiger partial charge is 0.0849 e. The molecule has 5 nitrogen and oxygen atoms in total. The molecular weight excluding hydrogens is 238 g/mol. The Balaban J connectivity index is 1.58. The Bertz CT molecular complexity index is 536. The molecule has 0 unspecified atom stereocenters. The molecule has 1 N–H and O–H groups in total. The molecule has 0 aliphatic heterocycles. The van der Waals surface area contributed by atoms with E-state index < -0.39 is 0 Å². The molecule has 5 heteroatoms. The second-order valence-electron chi connectivity index (χ2n) is 5.54. The van der Waals surface area contributed by atoms with Gasteiger partial charge in [0.15, 0.2) is 0 Å². The highest BCUT2D eigenvalue weighted by Gasteiger charge is 2.20. The summed E-state index contributed by atoms with van der Waals surface area (Å²) >= 11 is 0. The van der Waals surface area contributed by atoms with Crippen molar-refractivity contribution in [3.63, 3.8) is 0 Å². The summed E-state index contributed by atoms with van der Waals surface area (Å²) in [5.41, 5.74) is 2.16. The largest absolute Gasteiger partial charge is 0.308 e. The Morgan fingerprint density at radius 2 is 2.00 bits per heavy atom. The van der Waals surface area contributed by atoms with Crippen molar-refractivity contribution >= 4 is 0 Å². The number of hydrogen-bond acceptors (Lipinski definition) is 3. The van der Waals surface area contributed by atoms with E-state index in [-0.39, 0.29) is 0 Å². The molecule has 0 radical (unpaired) electrons. The van der Waals surface area contributed by atoms with Crippen LogP contribution in [0.2, 0.25) is 0 Å². The van der Waals surface area contributed by atoms with Crippen LogP contribution in [0.25, 0.3) is 0 Å².